The fraction of sp³-hybridized carbons (Fsp3) is 0.286. The second-order valence-corrected chi connectivity index (χ2v) is 5.43. The molecule has 0 saturated heterocycles. The second kappa shape index (κ2) is 5.57. The van der Waals surface area contributed by atoms with Crippen molar-refractivity contribution in [1.82, 2.24) is 15.1 Å². The first-order valence-corrected chi connectivity index (χ1v) is 6.80. The van der Waals surface area contributed by atoms with Gasteiger partial charge < -0.3 is 5.32 Å². The van der Waals surface area contributed by atoms with Crippen LogP contribution in [0.2, 0.25) is 0 Å². The number of nitrogens with zero attached hydrogens (tertiary/aromatic N) is 2. The molecule has 19 heavy (non-hydrogen) atoms. The van der Waals surface area contributed by atoms with E-state index >= 15 is 0 Å². The number of nitrogens with one attached hydrogen (secondary N) is 1. The summed E-state index contributed by atoms with van der Waals surface area (Å²) in [6.45, 7) is 4.41. The highest BCUT2D eigenvalue weighted by molar-refractivity contribution is 9.10. The highest BCUT2D eigenvalue weighted by Gasteiger charge is 2.11. The first-order valence-electron chi connectivity index (χ1n) is 6.01. The van der Waals surface area contributed by atoms with Crippen molar-refractivity contribution in [2.45, 2.75) is 20.4 Å². The van der Waals surface area contributed by atoms with Crippen molar-refractivity contribution in [3.8, 4) is 0 Å². The average molecular weight is 322 g/mol. The van der Waals surface area contributed by atoms with E-state index in [-0.39, 0.29) is 5.91 Å². The van der Waals surface area contributed by atoms with Crippen LogP contribution in [0.15, 0.2) is 28.9 Å². The molecule has 0 aliphatic heterocycles. The normalized spacial score (nSPS) is 10.5. The first-order chi connectivity index (χ1) is 8.97. The Hall–Kier alpha value is -1.62. The van der Waals surface area contributed by atoms with Gasteiger partial charge in [0, 0.05) is 29.8 Å². The Morgan fingerprint density at radius 2 is 2.16 bits per heavy atom. The Bertz CT molecular complexity index is 619. The van der Waals surface area contributed by atoms with E-state index in [0.717, 1.165) is 21.3 Å². The number of aryl methyl sites for hydroxylation is 3. The zero-order valence-corrected chi connectivity index (χ0v) is 12.8. The van der Waals surface area contributed by atoms with Gasteiger partial charge in [0.25, 0.3) is 5.91 Å². The largest absolute Gasteiger partial charge is 0.348 e. The summed E-state index contributed by atoms with van der Waals surface area (Å²) in [6.07, 6.45) is 1.92. The lowest BCUT2D eigenvalue weighted by molar-refractivity contribution is 0.0950. The maximum absolute atomic E-state index is 12.1. The van der Waals surface area contributed by atoms with E-state index in [1.54, 1.807) is 4.68 Å². The topological polar surface area (TPSA) is 46.9 Å². The Morgan fingerprint density at radius 3 is 2.74 bits per heavy atom. The van der Waals surface area contributed by atoms with E-state index in [2.05, 4.69) is 26.3 Å². The highest BCUT2D eigenvalue weighted by atomic mass is 79.9. The van der Waals surface area contributed by atoms with Crippen LogP contribution >= 0.6 is 15.9 Å². The maximum Gasteiger partial charge on any atom is 0.252 e. The molecular weight excluding hydrogens is 306 g/mol. The minimum atomic E-state index is -0.0878. The summed E-state index contributed by atoms with van der Waals surface area (Å²) in [4.78, 5) is 12.1. The predicted octanol–water partition coefficient (Wildman–Crippen LogP) is 2.73. The fourth-order valence-electron chi connectivity index (χ4n) is 1.90. The number of carbonyl (C=O) groups excluding carboxylic acids is 1. The average Bonchev–Trinajstić information content (AvgIpc) is 2.65. The van der Waals surface area contributed by atoms with Crippen LogP contribution in [0.3, 0.4) is 0 Å². The zero-order valence-electron chi connectivity index (χ0n) is 11.2. The molecule has 1 amide bonds. The van der Waals surface area contributed by atoms with E-state index in [1.807, 2.05) is 45.3 Å². The summed E-state index contributed by atoms with van der Waals surface area (Å²) >= 11 is 3.42. The number of benzene rings is 1. The van der Waals surface area contributed by atoms with Gasteiger partial charge in [0.15, 0.2) is 0 Å². The monoisotopic (exact) mass is 321 g/mol. The fourth-order valence-corrected chi connectivity index (χ4v) is 2.57. The molecule has 0 radical (unpaired) electrons. The molecule has 0 aliphatic carbocycles. The molecule has 0 aliphatic rings. The summed E-state index contributed by atoms with van der Waals surface area (Å²) in [5.74, 6) is -0.0878. The van der Waals surface area contributed by atoms with Crippen molar-refractivity contribution in [3.63, 3.8) is 0 Å². The Balaban J connectivity index is 2.07. The number of rotatable bonds is 3. The molecule has 1 N–H and O–H groups in total. The van der Waals surface area contributed by atoms with Crippen LogP contribution in [0.5, 0.6) is 0 Å². The first kappa shape index (κ1) is 13.8. The maximum atomic E-state index is 12.1. The van der Waals surface area contributed by atoms with Gasteiger partial charge in [-0.25, -0.2) is 0 Å². The smallest absolute Gasteiger partial charge is 0.252 e. The molecule has 0 spiro atoms. The minimum absolute atomic E-state index is 0.0878. The predicted molar refractivity (Wildman–Crippen MR) is 78.0 cm³/mol. The van der Waals surface area contributed by atoms with Crippen molar-refractivity contribution < 1.29 is 4.79 Å². The van der Waals surface area contributed by atoms with Gasteiger partial charge in [0.05, 0.1) is 11.3 Å². The molecule has 1 heterocycles. The van der Waals surface area contributed by atoms with Gasteiger partial charge in [-0.05, 0) is 47.5 Å². The molecule has 4 nitrogen and oxygen atoms in total. The molecule has 5 heteroatoms. The molecule has 0 saturated carbocycles. The lowest BCUT2D eigenvalue weighted by atomic mass is 10.1. The number of amides is 1. The molecule has 1 aromatic carbocycles. The number of halogens is 1. The van der Waals surface area contributed by atoms with E-state index in [4.69, 9.17) is 0 Å². The second-order valence-electron chi connectivity index (χ2n) is 4.58. The van der Waals surface area contributed by atoms with Gasteiger partial charge in [-0.1, -0.05) is 6.07 Å². The van der Waals surface area contributed by atoms with Gasteiger partial charge in [-0.2, -0.15) is 5.10 Å². The van der Waals surface area contributed by atoms with Crippen molar-refractivity contribution in [2.24, 2.45) is 7.05 Å². The van der Waals surface area contributed by atoms with Crippen LogP contribution in [0.25, 0.3) is 0 Å². The van der Waals surface area contributed by atoms with Crippen LogP contribution in [-0.2, 0) is 13.6 Å². The lowest BCUT2D eigenvalue weighted by Gasteiger charge is -2.07. The van der Waals surface area contributed by atoms with Crippen LogP contribution in [0, 0.1) is 13.8 Å². The van der Waals surface area contributed by atoms with E-state index < -0.39 is 0 Å². The third-order valence-corrected chi connectivity index (χ3v) is 3.58. The molecule has 0 unspecified atom stereocenters. The molecule has 0 fully saturated rings. The summed E-state index contributed by atoms with van der Waals surface area (Å²) in [7, 11) is 1.87. The molecule has 2 aromatic rings. The molecule has 2 rings (SSSR count). The standard InChI is InChI=1S/C14H16BrN3O/c1-9-4-5-12(13(15)6-9)14(19)16-7-11-8-18(3)17-10(11)2/h4-6,8H,7H2,1-3H3,(H,16,19). The number of hydrogen-bond acceptors (Lipinski definition) is 2. The molecule has 0 bridgehead atoms. The van der Waals surface area contributed by atoms with Gasteiger partial charge in [0.2, 0.25) is 0 Å². The number of hydrogen-bond donors (Lipinski definition) is 1. The summed E-state index contributed by atoms with van der Waals surface area (Å²) in [5.41, 5.74) is 3.73. The number of carbonyl (C=O) groups is 1. The van der Waals surface area contributed by atoms with Crippen LogP contribution in [-0.4, -0.2) is 15.7 Å². The van der Waals surface area contributed by atoms with Gasteiger partial charge in [-0.3, -0.25) is 9.48 Å². The Labute approximate surface area is 120 Å². The quantitative estimate of drug-likeness (QED) is 0.944. The highest BCUT2D eigenvalue weighted by Crippen LogP contribution is 2.18. The van der Waals surface area contributed by atoms with E-state index in [1.165, 1.54) is 0 Å². The van der Waals surface area contributed by atoms with Crippen molar-refractivity contribution in [3.05, 3.63) is 51.3 Å². The van der Waals surface area contributed by atoms with Gasteiger partial charge in [-0.15, -0.1) is 0 Å². The van der Waals surface area contributed by atoms with E-state index in [9.17, 15) is 4.79 Å². The zero-order chi connectivity index (χ0) is 14.0. The van der Waals surface area contributed by atoms with Crippen molar-refractivity contribution >= 4 is 21.8 Å². The van der Waals surface area contributed by atoms with Gasteiger partial charge >= 0.3 is 0 Å². The Morgan fingerprint density at radius 1 is 1.42 bits per heavy atom. The summed E-state index contributed by atoms with van der Waals surface area (Å²) < 4.78 is 2.56. The molecule has 1 aromatic heterocycles. The lowest BCUT2D eigenvalue weighted by Crippen LogP contribution is -2.23. The summed E-state index contributed by atoms with van der Waals surface area (Å²) in [6, 6.07) is 5.68. The molecular formula is C14H16BrN3O. The molecule has 100 valence electrons. The van der Waals surface area contributed by atoms with Crippen LogP contribution < -0.4 is 5.32 Å². The SMILES string of the molecule is Cc1ccc(C(=O)NCc2cn(C)nc2C)c(Br)c1. The summed E-state index contributed by atoms with van der Waals surface area (Å²) in [5, 5.41) is 7.15. The van der Waals surface area contributed by atoms with E-state index in [0.29, 0.717) is 12.1 Å². The number of aromatic nitrogens is 2. The van der Waals surface area contributed by atoms with Crippen molar-refractivity contribution in [1.29, 1.82) is 0 Å². The van der Waals surface area contributed by atoms with Crippen LogP contribution in [0.1, 0.15) is 27.2 Å². The minimum Gasteiger partial charge on any atom is -0.348 e. The third kappa shape index (κ3) is 3.23. The van der Waals surface area contributed by atoms with Crippen molar-refractivity contribution in [2.75, 3.05) is 0 Å². The third-order valence-electron chi connectivity index (χ3n) is 2.92. The Kier molecular flexibility index (Phi) is 4.04. The van der Waals surface area contributed by atoms with Gasteiger partial charge in [0.1, 0.15) is 0 Å². The van der Waals surface area contributed by atoms with Crippen LogP contribution in [0.4, 0.5) is 0 Å². The molecule has 0 atom stereocenters.